The average Bonchev–Trinajstić information content (AvgIpc) is 2.39. The van der Waals surface area contributed by atoms with E-state index in [1.165, 1.54) is 25.7 Å². The van der Waals surface area contributed by atoms with Crippen molar-refractivity contribution in [2.24, 2.45) is 0 Å². The Morgan fingerprint density at radius 3 is 2.32 bits per heavy atom. The number of ether oxygens (including phenoxy) is 1. The van der Waals surface area contributed by atoms with Gasteiger partial charge in [-0.05, 0) is 31.5 Å². The van der Waals surface area contributed by atoms with Crippen LogP contribution in [0.5, 0.6) is 0 Å². The summed E-state index contributed by atoms with van der Waals surface area (Å²) >= 11 is 4.85. The molecule has 0 saturated carbocycles. The van der Waals surface area contributed by atoms with Crippen LogP contribution in [-0.2, 0) is 9.53 Å². The molecule has 0 aliphatic heterocycles. The van der Waals surface area contributed by atoms with Crippen molar-refractivity contribution < 1.29 is 9.53 Å². The third-order valence-electron chi connectivity index (χ3n) is 2.64. The van der Waals surface area contributed by atoms with Gasteiger partial charge in [0.1, 0.15) is 0 Å². The van der Waals surface area contributed by atoms with Gasteiger partial charge in [0, 0.05) is 13.0 Å². The highest BCUT2D eigenvalue weighted by atomic mass is 32.1. The van der Waals surface area contributed by atoms with Crippen LogP contribution < -0.4 is 5.32 Å². The molecule has 0 atom stereocenters. The van der Waals surface area contributed by atoms with Crippen molar-refractivity contribution in [3.8, 4) is 0 Å². The maximum atomic E-state index is 11.4. The molecule has 0 radical (unpaired) electrons. The first-order valence-electron chi connectivity index (χ1n) is 6.91. The van der Waals surface area contributed by atoms with E-state index in [-0.39, 0.29) is 11.1 Å². The minimum Gasteiger partial charge on any atom is -0.399 e. The van der Waals surface area contributed by atoms with Gasteiger partial charge in [-0.1, -0.05) is 37.8 Å². The molecule has 3 nitrogen and oxygen atoms in total. The molecule has 19 heavy (non-hydrogen) atoms. The van der Waals surface area contributed by atoms with Gasteiger partial charge in [0.25, 0.3) is 5.17 Å². The largest absolute Gasteiger partial charge is 0.399 e. The maximum absolute atomic E-state index is 11.4. The molecule has 0 aliphatic rings. The summed E-state index contributed by atoms with van der Waals surface area (Å²) in [7, 11) is 0. The summed E-state index contributed by atoms with van der Waals surface area (Å²) in [5.41, 5.74) is 0. The summed E-state index contributed by atoms with van der Waals surface area (Å²) in [5, 5.41) is 2.89. The van der Waals surface area contributed by atoms with Crippen molar-refractivity contribution in [2.75, 3.05) is 6.54 Å². The first-order chi connectivity index (χ1) is 9.20. The summed E-state index contributed by atoms with van der Waals surface area (Å²) in [6.45, 7) is 7.75. The highest BCUT2D eigenvalue weighted by Crippen LogP contribution is 2.09. The van der Waals surface area contributed by atoms with E-state index in [9.17, 15) is 4.79 Å². The molecule has 0 aliphatic carbocycles. The summed E-state index contributed by atoms with van der Waals surface area (Å²) in [4.78, 5) is 11.4. The van der Waals surface area contributed by atoms with E-state index in [2.05, 4.69) is 18.5 Å². The zero-order valence-electron chi connectivity index (χ0n) is 11.7. The molecule has 0 heterocycles. The molecule has 4 heteroatoms. The molecule has 0 rings (SSSR count). The monoisotopic (exact) mass is 283 g/mol. The molecule has 0 amide bonds. The van der Waals surface area contributed by atoms with Crippen LogP contribution in [0.2, 0.25) is 0 Å². The topological polar surface area (TPSA) is 38.3 Å². The summed E-state index contributed by atoms with van der Waals surface area (Å²) in [6.07, 6.45) is 11.9. The van der Waals surface area contributed by atoms with Gasteiger partial charge in [-0.2, -0.15) is 0 Å². The Balaban J connectivity index is 3.35. The van der Waals surface area contributed by atoms with E-state index in [4.69, 9.17) is 17.0 Å². The molecular formula is C15H25NO2S. The first-order valence-corrected chi connectivity index (χ1v) is 7.31. The van der Waals surface area contributed by atoms with E-state index in [0.29, 0.717) is 13.0 Å². The fourth-order valence-electron chi connectivity index (χ4n) is 1.61. The van der Waals surface area contributed by atoms with Crippen LogP contribution in [0.3, 0.4) is 0 Å². The highest BCUT2D eigenvalue weighted by molar-refractivity contribution is 7.80. The van der Waals surface area contributed by atoms with Gasteiger partial charge in [0.2, 0.25) is 0 Å². The zero-order chi connectivity index (χ0) is 14.3. The summed E-state index contributed by atoms with van der Waals surface area (Å²) in [5.74, 6) is -0.256. The van der Waals surface area contributed by atoms with Crippen LogP contribution in [0.4, 0.5) is 0 Å². The van der Waals surface area contributed by atoms with Crippen LogP contribution in [0.1, 0.15) is 51.4 Å². The fourth-order valence-corrected chi connectivity index (χ4v) is 1.79. The Kier molecular flexibility index (Phi) is 12.5. The number of esters is 1. The first kappa shape index (κ1) is 17.8. The van der Waals surface area contributed by atoms with E-state index < -0.39 is 0 Å². The second-order valence-electron chi connectivity index (χ2n) is 4.38. The molecule has 0 bridgehead atoms. The zero-order valence-corrected chi connectivity index (χ0v) is 12.5. The lowest BCUT2D eigenvalue weighted by atomic mass is 10.1. The Bertz CT molecular complexity index is 290. The van der Waals surface area contributed by atoms with Gasteiger partial charge in [-0.25, -0.2) is 0 Å². The predicted molar refractivity (Wildman–Crippen MR) is 84.0 cm³/mol. The Hall–Kier alpha value is -1.16. The number of unbranched alkanes of at least 4 members (excludes halogenated alkanes) is 6. The SMILES string of the molecule is C=CCCCCCCCCC(=O)OC(=S)NCC=C. The van der Waals surface area contributed by atoms with Gasteiger partial charge in [-0.3, -0.25) is 4.79 Å². The lowest BCUT2D eigenvalue weighted by molar-refractivity contribution is -0.135. The second kappa shape index (κ2) is 13.3. The number of carbonyl (C=O) groups excluding carboxylic acids is 1. The number of carbonyl (C=O) groups is 1. The van der Waals surface area contributed by atoms with Crippen molar-refractivity contribution in [3.05, 3.63) is 25.3 Å². The lowest BCUT2D eigenvalue weighted by Gasteiger charge is -2.06. The van der Waals surface area contributed by atoms with Crippen molar-refractivity contribution in [3.63, 3.8) is 0 Å². The number of allylic oxidation sites excluding steroid dienone is 1. The third kappa shape index (κ3) is 13.1. The highest BCUT2D eigenvalue weighted by Gasteiger charge is 2.05. The average molecular weight is 283 g/mol. The van der Waals surface area contributed by atoms with Gasteiger partial charge in [0.15, 0.2) is 0 Å². The van der Waals surface area contributed by atoms with Gasteiger partial charge in [0.05, 0.1) is 0 Å². The summed E-state index contributed by atoms with van der Waals surface area (Å²) in [6, 6.07) is 0. The van der Waals surface area contributed by atoms with E-state index in [1.54, 1.807) is 6.08 Å². The van der Waals surface area contributed by atoms with Crippen molar-refractivity contribution >= 4 is 23.4 Å². The minimum absolute atomic E-state index is 0.134. The van der Waals surface area contributed by atoms with Crippen molar-refractivity contribution in [1.82, 2.24) is 5.32 Å². The summed E-state index contributed by atoms with van der Waals surface area (Å²) < 4.78 is 4.93. The van der Waals surface area contributed by atoms with Crippen LogP contribution in [0.15, 0.2) is 25.3 Å². The Morgan fingerprint density at radius 2 is 1.68 bits per heavy atom. The second-order valence-corrected chi connectivity index (χ2v) is 4.75. The Morgan fingerprint density at radius 1 is 1.05 bits per heavy atom. The van der Waals surface area contributed by atoms with Crippen molar-refractivity contribution in [2.45, 2.75) is 51.4 Å². The van der Waals surface area contributed by atoms with E-state index in [1.807, 2.05) is 6.08 Å². The Labute approximate surface area is 122 Å². The molecule has 0 aromatic carbocycles. The molecule has 0 fully saturated rings. The quantitative estimate of drug-likeness (QED) is 0.270. The van der Waals surface area contributed by atoms with Crippen molar-refractivity contribution in [1.29, 1.82) is 0 Å². The fraction of sp³-hybridized carbons (Fsp3) is 0.600. The molecule has 0 aromatic heterocycles. The number of thiocarbonyl (C=S) groups is 1. The normalized spacial score (nSPS) is 9.68. The molecule has 0 unspecified atom stereocenters. The molecule has 1 N–H and O–H groups in total. The van der Waals surface area contributed by atoms with E-state index >= 15 is 0 Å². The number of nitrogens with one attached hydrogen (secondary N) is 1. The molecule has 108 valence electrons. The minimum atomic E-state index is -0.256. The molecule has 0 aromatic rings. The smallest absolute Gasteiger partial charge is 0.313 e. The lowest BCUT2D eigenvalue weighted by Crippen LogP contribution is -2.26. The van der Waals surface area contributed by atoms with E-state index in [0.717, 1.165) is 19.3 Å². The standard InChI is InChI=1S/C15H25NO2S/c1-3-5-6-7-8-9-10-11-12-14(17)18-15(19)16-13-4-2/h3-4H,1-2,5-13H2,(H,16,19). The third-order valence-corrected chi connectivity index (χ3v) is 2.86. The van der Waals surface area contributed by atoms with Crippen LogP contribution in [0, 0.1) is 0 Å². The van der Waals surface area contributed by atoms with Gasteiger partial charge >= 0.3 is 5.97 Å². The van der Waals surface area contributed by atoms with Crippen LogP contribution >= 0.6 is 12.2 Å². The molecular weight excluding hydrogens is 258 g/mol. The number of rotatable bonds is 11. The maximum Gasteiger partial charge on any atom is 0.313 e. The number of hydrogen-bond acceptors (Lipinski definition) is 3. The number of hydrogen-bond donors (Lipinski definition) is 1. The van der Waals surface area contributed by atoms with Crippen LogP contribution in [0.25, 0.3) is 0 Å². The predicted octanol–water partition coefficient (Wildman–Crippen LogP) is 3.90. The van der Waals surface area contributed by atoms with Gasteiger partial charge < -0.3 is 10.1 Å². The van der Waals surface area contributed by atoms with Gasteiger partial charge in [-0.15, -0.1) is 13.2 Å². The molecule has 0 spiro atoms. The molecule has 0 saturated heterocycles. The van der Waals surface area contributed by atoms with Crippen LogP contribution in [-0.4, -0.2) is 17.7 Å².